The standard InChI is InChI=1S/C14H16N2O3/c15-10-2-3-11-9(6-10)7-12(18)16(11)13(19)14(8-17)4-1-5-14/h2-3,6,17H,1,4-5,7-8,15H2. The molecule has 1 aromatic rings. The summed E-state index contributed by atoms with van der Waals surface area (Å²) in [6.07, 6.45) is 2.42. The molecule has 0 spiro atoms. The maximum atomic E-state index is 12.6. The minimum atomic E-state index is -0.751. The monoisotopic (exact) mass is 260 g/mol. The highest BCUT2D eigenvalue weighted by atomic mass is 16.3. The smallest absolute Gasteiger partial charge is 0.242 e. The van der Waals surface area contributed by atoms with Gasteiger partial charge in [-0.05, 0) is 36.6 Å². The van der Waals surface area contributed by atoms with Gasteiger partial charge in [-0.25, -0.2) is 4.90 Å². The molecular formula is C14H16N2O3. The second-order valence-corrected chi connectivity index (χ2v) is 5.39. The van der Waals surface area contributed by atoms with Gasteiger partial charge >= 0.3 is 0 Å². The van der Waals surface area contributed by atoms with Gasteiger partial charge in [-0.1, -0.05) is 6.42 Å². The van der Waals surface area contributed by atoms with E-state index in [4.69, 9.17) is 5.73 Å². The highest BCUT2D eigenvalue weighted by Gasteiger charge is 2.49. The minimum absolute atomic E-state index is 0.195. The molecule has 2 amide bonds. The number of fused-ring (bicyclic) bond motifs is 1. The second kappa shape index (κ2) is 4.06. The average molecular weight is 260 g/mol. The fourth-order valence-electron chi connectivity index (χ4n) is 2.84. The molecule has 1 fully saturated rings. The van der Waals surface area contributed by atoms with Gasteiger partial charge in [0.2, 0.25) is 11.8 Å². The maximum Gasteiger partial charge on any atom is 0.242 e. The lowest BCUT2D eigenvalue weighted by atomic mass is 9.68. The summed E-state index contributed by atoms with van der Waals surface area (Å²) in [5.41, 5.74) is 6.92. The third-order valence-electron chi connectivity index (χ3n) is 4.21. The molecule has 2 aliphatic rings. The minimum Gasteiger partial charge on any atom is -0.399 e. The summed E-state index contributed by atoms with van der Waals surface area (Å²) in [5.74, 6) is -0.500. The van der Waals surface area contributed by atoms with E-state index in [2.05, 4.69) is 0 Å². The van der Waals surface area contributed by atoms with Crippen LogP contribution < -0.4 is 10.6 Å². The molecule has 5 nitrogen and oxygen atoms in total. The molecule has 0 aromatic heterocycles. The van der Waals surface area contributed by atoms with Gasteiger partial charge in [-0.2, -0.15) is 0 Å². The van der Waals surface area contributed by atoms with Crippen LogP contribution in [0.1, 0.15) is 24.8 Å². The number of hydrogen-bond acceptors (Lipinski definition) is 4. The summed E-state index contributed by atoms with van der Waals surface area (Å²) in [6.45, 7) is -0.195. The van der Waals surface area contributed by atoms with Crippen LogP contribution >= 0.6 is 0 Å². The Hall–Kier alpha value is -1.88. The van der Waals surface area contributed by atoms with E-state index >= 15 is 0 Å². The van der Waals surface area contributed by atoms with Crippen LogP contribution in [-0.4, -0.2) is 23.5 Å². The topological polar surface area (TPSA) is 83.6 Å². The maximum absolute atomic E-state index is 12.6. The molecule has 3 rings (SSSR count). The van der Waals surface area contributed by atoms with Crippen molar-refractivity contribution in [1.82, 2.24) is 0 Å². The first-order valence-electron chi connectivity index (χ1n) is 6.44. The number of nitrogens with zero attached hydrogens (tertiary/aromatic N) is 1. The van der Waals surface area contributed by atoms with E-state index in [-0.39, 0.29) is 24.8 Å². The van der Waals surface area contributed by atoms with Crippen molar-refractivity contribution in [2.24, 2.45) is 5.41 Å². The van der Waals surface area contributed by atoms with Crippen molar-refractivity contribution in [3.63, 3.8) is 0 Å². The van der Waals surface area contributed by atoms with Gasteiger partial charge in [-0.15, -0.1) is 0 Å². The number of carbonyl (C=O) groups is 2. The van der Waals surface area contributed by atoms with Crippen LogP contribution in [0.4, 0.5) is 11.4 Å². The molecule has 19 heavy (non-hydrogen) atoms. The first-order valence-corrected chi connectivity index (χ1v) is 6.44. The summed E-state index contributed by atoms with van der Waals surface area (Å²) in [4.78, 5) is 25.8. The van der Waals surface area contributed by atoms with Gasteiger partial charge in [0, 0.05) is 5.69 Å². The van der Waals surface area contributed by atoms with Crippen LogP contribution in [0.2, 0.25) is 0 Å². The van der Waals surface area contributed by atoms with Gasteiger partial charge in [0.15, 0.2) is 0 Å². The Bertz CT molecular complexity index is 558. The van der Waals surface area contributed by atoms with Crippen molar-refractivity contribution < 1.29 is 14.7 Å². The number of carbonyl (C=O) groups excluding carboxylic acids is 2. The Morgan fingerprint density at radius 3 is 2.74 bits per heavy atom. The molecule has 1 aliphatic carbocycles. The number of nitrogen functional groups attached to an aromatic ring is 1. The van der Waals surface area contributed by atoms with E-state index in [1.165, 1.54) is 4.90 Å². The van der Waals surface area contributed by atoms with E-state index in [0.29, 0.717) is 24.2 Å². The SMILES string of the molecule is Nc1ccc2c(c1)CC(=O)N2C(=O)C1(CO)CCC1. The van der Waals surface area contributed by atoms with Crippen molar-refractivity contribution in [2.75, 3.05) is 17.2 Å². The summed E-state index contributed by atoms with van der Waals surface area (Å²) >= 11 is 0. The number of benzene rings is 1. The Morgan fingerprint density at radius 2 is 2.16 bits per heavy atom. The molecule has 0 unspecified atom stereocenters. The molecule has 1 heterocycles. The van der Waals surface area contributed by atoms with E-state index < -0.39 is 5.41 Å². The van der Waals surface area contributed by atoms with Crippen molar-refractivity contribution in [3.8, 4) is 0 Å². The molecule has 0 radical (unpaired) electrons. The number of hydrogen-bond donors (Lipinski definition) is 2. The lowest BCUT2D eigenvalue weighted by Crippen LogP contribution is -2.51. The number of amides is 2. The Balaban J connectivity index is 1.98. The molecule has 1 aliphatic heterocycles. The fraction of sp³-hybridized carbons (Fsp3) is 0.429. The number of anilines is 2. The van der Waals surface area contributed by atoms with Gasteiger partial charge in [0.05, 0.1) is 24.1 Å². The number of nitrogens with two attached hydrogens (primary N) is 1. The summed E-state index contributed by atoms with van der Waals surface area (Å²) in [7, 11) is 0. The normalized spacial score (nSPS) is 20.1. The van der Waals surface area contributed by atoms with Crippen molar-refractivity contribution in [3.05, 3.63) is 23.8 Å². The lowest BCUT2D eigenvalue weighted by Gasteiger charge is -2.40. The van der Waals surface area contributed by atoms with Crippen LogP contribution in [0, 0.1) is 5.41 Å². The van der Waals surface area contributed by atoms with Crippen LogP contribution in [0.15, 0.2) is 18.2 Å². The lowest BCUT2D eigenvalue weighted by molar-refractivity contribution is -0.139. The van der Waals surface area contributed by atoms with Gasteiger partial charge in [0.1, 0.15) is 0 Å². The zero-order valence-corrected chi connectivity index (χ0v) is 10.6. The van der Waals surface area contributed by atoms with Gasteiger partial charge < -0.3 is 10.8 Å². The van der Waals surface area contributed by atoms with E-state index in [1.54, 1.807) is 18.2 Å². The van der Waals surface area contributed by atoms with Crippen LogP contribution in [0.25, 0.3) is 0 Å². The number of imide groups is 1. The average Bonchev–Trinajstić information content (AvgIpc) is 2.63. The molecule has 1 aromatic carbocycles. The van der Waals surface area contributed by atoms with Crippen molar-refractivity contribution in [2.45, 2.75) is 25.7 Å². The Morgan fingerprint density at radius 1 is 1.42 bits per heavy atom. The molecule has 1 saturated carbocycles. The summed E-state index contributed by atoms with van der Waals surface area (Å²) < 4.78 is 0. The zero-order chi connectivity index (χ0) is 13.6. The predicted molar refractivity (Wildman–Crippen MR) is 70.4 cm³/mol. The van der Waals surface area contributed by atoms with Crippen LogP contribution in [-0.2, 0) is 16.0 Å². The molecule has 0 atom stereocenters. The molecule has 3 N–H and O–H groups in total. The Kier molecular flexibility index (Phi) is 2.60. The first kappa shape index (κ1) is 12.2. The molecule has 100 valence electrons. The van der Waals surface area contributed by atoms with Gasteiger partial charge in [0.25, 0.3) is 0 Å². The largest absolute Gasteiger partial charge is 0.399 e. The Labute approximate surface area is 111 Å². The highest BCUT2D eigenvalue weighted by Crippen LogP contribution is 2.44. The predicted octanol–water partition coefficient (Wildman–Crippen LogP) is 0.847. The zero-order valence-electron chi connectivity index (χ0n) is 10.6. The van der Waals surface area contributed by atoms with Crippen molar-refractivity contribution in [1.29, 1.82) is 0 Å². The van der Waals surface area contributed by atoms with Crippen LogP contribution in [0.5, 0.6) is 0 Å². The summed E-state index contributed by atoms with van der Waals surface area (Å²) in [5, 5.41) is 9.47. The van der Waals surface area contributed by atoms with Crippen molar-refractivity contribution >= 4 is 23.2 Å². The number of rotatable bonds is 2. The van der Waals surface area contributed by atoms with E-state index in [9.17, 15) is 14.7 Å². The number of aliphatic hydroxyl groups excluding tert-OH is 1. The molecule has 0 bridgehead atoms. The van der Waals surface area contributed by atoms with E-state index in [1.807, 2.05) is 0 Å². The number of aliphatic hydroxyl groups is 1. The third kappa shape index (κ3) is 1.65. The molecule has 0 saturated heterocycles. The summed E-state index contributed by atoms with van der Waals surface area (Å²) in [6, 6.07) is 5.12. The fourth-order valence-corrected chi connectivity index (χ4v) is 2.84. The highest BCUT2D eigenvalue weighted by molar-refractivity contribution is 6.21. The molecule has 5 heteroatoms. The van der Waals surface area contributed by atoms with E-state index in [0.717, 1.165) is 12.0 Å². The van der Waals surface area contributed by atoms with Crippen LogP contribution in [0.3, 0.4) is 0 Å². The quantitative estimate of drug-likeness (QED) is 0.610. The second-order valence-electron chi connectivity index (χ2n) is 5.39. The first-order chi connectivity index (χ1) is 9.07. The van der Waals surface area contributed by atoms with Gasteiger partial charge in [-0.3, -0.25) is 9.59 Å². The molecular weight excluding hydrogens is 244 g/mol. The third-order valence-corrected chi connectivity index (χ3v) is 4.21.